The maximum atomic E-state index is 13.5. The van der Waals surface area contributed by atoms with E-state index in [4.69, 9.17) is 9.47 Å². The van der Waals surface area contributed by atoms with E-state index in [1.54, 1.807) is 54.6 Å². The number of halogens is 4. The largest absolute Gasteiger partial charge is 0.490 e. The van der Waals surface area contributed by atoms with Crippen LogP contribution >= 0.6 is 15.9 Å². The number of alkyl halides is 3. The highest BCUT2D eigenvalue weighted by Gasteiger charge is 2.31. The first-order valence-electron chi connectivity index (χ1n) is 13.0. The summed E-state index contributed by atoms with van der Waals surface area (Å²) in [6, 6.07) is 23.7. The van der Waals surface area contributed by atoms with Crippen molar-refractivity contribution < 1.29 is 22.6 Å². The van der Waals surface area contributed by atoms with Gasteiger partial charge in [-0.25, -0.2) is 4.98 Å². The molecule has 0 saturated heterocycles. The van der Waals surface area contributed by atoms with Crippen LogP contribution in [0.4, 0.5) is 13.2 Å². The number of ether oxygens (including phenoxy) is 2. The van der Waals surface area contributed by atoms with Crippen molar-refractivity contribution in [3.05, 3.63) is 122 Å². The first-order valence-corrected chi connectivity index (χ1v) is 13.8. The van der Waals surface area contributed by atoms with Gasteiger partial charge in [-0.1, -0.05) is 42.5 Å². The van der Waals surface area contributed by atoms with Gasteiger partial charge in [-0.2, -0.15) is 28.2 Å². The number of aromatic nitrogens is 2. The standard InChI is InChI=1S/C32H22BrF3N4O3/c1-2-42-28-15-20(14-26(33)29(28)43-19-23-9-4-3-8-22(23)17-37)18-38-40-30(21-10-7-11-24(16-21)32(34,35)36)39-27-13-6-5-12-25(27)31(40)41/h3-16,18H,2,19H2,1H3. The zero-order chi connectivity index (χ0) is 30.6. The fraction of sp³-hybridized carbons (Fsp3) is 0.125. The molecule has 11 heteroatoms. The molecule has 4 aromatic carbocycles. The Hall–Kier alpha value is -4.95. The van der Waals surface area contributed by atoms with Crippen molar-refractivity contribution in [1.29, 1.82) is 5.26 Å². The zero-order valence-electron chi connectivity index (χ0n) is 22.6. The molecule has 0 amide bonds. The summed E-state index contributed by atoms with van der Waals surface area (Å²) in [5.74, 6) is 0.738. The van der Waals surface area contributed by atoms with Crippen LogP contribution in [-0.4, -0.2) is 22.5 Å². The molecule has 1 aromatic heterocycles. The van der Waals surface area contributed by atoms with E-state index in [0.29, 0.717) is 44.8 Å². The number of nitriles is 1. The third-order valence-corrected chi connectivity index (χ3v) is 6.95. The molecule has 0 bridgehead atoms. The van der Waals surface area contributed by atoms with Crippen LogP contribution in [0.25, 0.3) is 22.3 Å². The molecular formula is C32H22BrF3N4O3. The average Bonchev–Trinajstić information content (AvgIpc) is 3.00. The average molecular weight is 647 g/mol. The number of fused-ring (bicyclic) bond motifs is 1. The second-order valence-electron chi connectivity index (χ2n) is 9.21. The van der Waals surface area contributed by atoms with Gasteiger partial charge in [-0.3, -0.25) is 4.79 Å². The molecule has 0 aliphatic carbocycles. The summed E-state index contributed by atoms with van der Waals surface area (Å²) in [6.07, 6.45) is -3.19. The number of hydrogen-bond donors (Lipinski definition) is 0. The summed E-state index contributed by atoms with van der Waals surface area (Å²) in [4.78, 5) is 18.0. The lowest BCUT2D eigenvalue weighted by Crippen LogP contribution is -2.20. The molecule has 0 unspecified atom stereocenters. The van der Waals surface area contributed by atoms with E-state index in [-0.39, 0.29) is 23.4 Å². The molecule has 0 atom stereocenters. The Morgan fingerprint density at radius 3 is 2.56 bits per heavy atom. The van der Waals surface area contributed by atoms with Gasteiger partial charge in [0.05, 0.1) is 45.4 Å². The van der Waals surface area contributed by atoms with Crippen LogP contribution in [-0.2, 0) is 12.8 Å². The fourth-order valence-corrected chi connectivity index (χ4v) is 4.92. The number of hydrogen-bond acceptors (Lipinski definition) is 6. The van der Waals surface area contributed by atoms with E-state index in [1.807, 2.05) is 13.0 Å². The van der Waals surface area contributed by atoms with E-state index < -0.39 is 17.3 Å². The minimum absolute atomic E-state index is 0.0498. The van der Waals surface area contributed by atoms with Crippen LogP contribution in [0.2, 0.25) is 0 Å². The van der Waals surface area contributed by atoms with Gasteiger partial charge in [-0.15, -0.1) is 0 Å². The minimum atomic E-state index is -4.58. The predicted octanol–water partition coefficient (Wildman–Crippen LogP) is 7.58. The molecule has 0 saturated carbocycles. The van der Waals surface area contributed by atoms with E-state index in [2.05, 4.69) is 32.1 Å². The van der Waals surface area contributed by atoms with Gasteiger partial charge in [0.25, 0.3) is 5.56 Å². The normalized spacial score (nSPS) is 11.5. The second kappa shape index (κ2) is 12.5. The summed E-state index contributed by atoms with van der Waals surface area (Å²) in [5.41, 5.74) is 0.687. The van der Waals surface area contributed by atoms with Crippen LogP contribution in [0.5, 0.6) is 11.5 Å². The minimum Gasteiger partial charge on any atom is -0.490 e. The molecule has 0 N–H and O–H groups in total. The number of benzene rings is 4. The second-order valence-corrected chi connectivity index (χ2v) is 10.1. The molecule has 0 aliphatic rings. The van der Waals surface area contributed by atoms with Crippen LogP contribution in [0.1, 0.15) is 29.2 Å². The number of para-hydroxylation sites is 1. The lowest BCUT2D eigenvalue weighted by molar-refractivity contribution is -0.137. The van der Waals surface area contributed by atoms with E-state index in [0.717, 1.165) is 16.8 Å². The van der Waals surface area contributed by atoms with E-state index >= 15 is 0 Å². The molecule has 1 heterocycles. The van der Waals surface area contributed by atoms with Crippen molar-refractivity contribution in [2.45, 2.75) is 19.7 Å². The van der Waals surface area contributed by atoms with Gasteiger partial charge in [0.15, 0.2) is 17.3 Å². The first kappa shape index (κ1) is 29.5. The Kier molecular flexibility index (Phi) is 8.59. The fourth-order valence-electron chi connectivity index (χ4n) is 4.35. The third-order valence-electron chi connectivity index (χ3n) is 6.37. The Morgan fingerprint density at radius 1 is 1.02 bits per heavy atom. The Labute approximate surface area is 252 Å². The molecule has 7 nitrogen and oxygen atoms in total. The van der Waals surface area contributed by atoms with Gasteiger partial charge >= 0.3 is 6.18 Å². The molecule has 43 heavy (non-hydrogen) atoms. The molecule has 0 fully saturated rings. The van der Waals surface area contributed by atoms with E-state index in [9.17, 15) is 23.2 Å². The molecule has 5 rings (SSSR count). The van der Waals surface area contributed by atoms with Crippen molar-refractivity contribution in [3.63, 3.8) is 0 Å². The Balaban J connectivity index is 1.56. The van der Waals surface area contributed by atoms with Crippen molar-refractivity contribution in [2.24, 2.45) is 5.10 Å². The number of nitrogens with zero attached hydrogens (tertiary/aromatic N) is 4. The summed E-state index contributed by atoms with van der Waals surface area (Å²) in [7, 11) is 0. The quantitative estimate of drug-likeness (QED) is 0.162. The SMILES string of the molecule is CCOc1cc(C=Nn2c(-c3cccc(C(F)(F)F)c3)nc3ccccc3c2=O)cc(Br)c1OCc1ccccc1C#N. The topological polar surface area (TPSA) is 89.5 Å². The molecule has 0 aliphatic heterocycles. The summed E-state index contributed by atoms with van der Waals surface area (Å²) in [5, 5.41) is 14.0. The van der Waals surface area contributed by atoms with Crippen LogP contribution in [0.15, 0.2) is 99.3 Å². The molecule has 0 radical (unpaired) electrons. The Bertz CT molecular complexity index is 1950. The lowest BCUT2D eigenvalue weighted by Gasteiger charge is -2.15. The van der Waals surface area contributed by atoms with Gasteiger partial charge in [0, 0.05) is 11.1 Å². The lowest BCUT2D eigenvalue weighted by atomic mass is 10.1. The van der Waals surface area contributed by atoms with Crippen molar-refractivity contribution in [2.75, 3.05) is 6.61 Å². The van der Waals surface area contributed by atoms with Crippen LogP contribution in [0, 0.1) is 11.3 Å². The highest BCUT2D eigenvalue weighted by atomic mass is 79.9. The number of rotatable bonds is 8. The smallest absolute Gasteiger partial charge is 0.416 e. The van der Waals surface area contributed by atoms with Crippen LogP contribution < -0.4 is 15.0 Å². The predicted molar refractivity (Wildman–Crippen MR) is 160 cm³/mol. The van der Waals surface area contributed by atoms with E-state index in [1.165, 1.54) is 18.3 Å². The summed E-state index contributed by atoms with van der Waals surface area (Å²) < 4.78 is 53.8. The van der Waals surface area contributed by atoms with Gasteiger partial charge in [0.2, 0.25) is 0 Å². The van der Waals surface area contributed by atoms with Gasteiger partial charge in [0.1, 0.15) is 6.61 Å². The molecule has 5 aromatic rings. The maximum Gasteiger partial charge on any atom is 0.416 e. The summed E-state index contributed by atoms with van der Waals surface area (Å²) in [6.45, 7) is 2.26. The summed E-state index contributed by atoms with van der Waals surface area (Å²) >= 11 is 3.51. The molecular weight excluding hydrogens is 625 g/mol. The molecule has 216 valence electrons. The maximum absolute atomic E-state index is 13.5. The van der Waals surface area contributed by atoms with Crippen molar-refractivity contribution in [1.82, 2.24) is 9.66 Å². The zero-order valence-corrected chi connectivity index (χ0v) is 24.2. The highest BCUT2D eigenvalue weighted by molar-refractivity contribution is 9.10. The van der Waals surface area contributed by atoms with Crippen molar-refractivity contribution >= 4 is 33.0 Å². The van der Waals surface area contributed by atoms with Crippen LogP contribution in [0.3, 0.4) is 0 Å². The Morgan fingerprint density at radius 2 is 1.79 bits per heavy atom. The first-order chi connectivity index (χ1) is 20.7. The van der Waals surface area contributed by atoms with Crippen molar-refractivity contribution in [3.8, 4) is 29.0 Å². The molecule has 0 spiro atoms. The highest BCUT2D eigenvalue weighted by Crippen LogP contribution is 2.37. The van der Waals surface area contributed by atoms with Gasteiger partial charge in [-0.05, 0) is 70.9 Å². The third kappa shape index (κ3) is 6.44. The monoisotopic (exact) mass is 646 g/mol. The van der Waals surface area contributed by atoms with Gasteiger partial charge < -0.3 is 9.47 Å².